The standard InChI is InChI=1S/C12H12ClFN4/c1-15-6-8-3-2-4-9(5-8)17-11-10(14)7-16-12(13)18-11/h2,4,6-8H,3,5H2,1H3. The zero-order valence-electron chi connectivity index (χ0n) is 9.85. The number of hydrogen-bond donors (Lipinski definition) is 0. The monoisotopic (exact) mass is 266 g/mol. The topological polar surface area (TPSA) is 50.5 Å². The zero-order chi connectivity index (χ0) is 13.0. The fraction of sp³-hybridized carbons (Fsp3) is 0.333. The molecule has 0 saturated carbocycles. The highest BCUT2D eigenvalue weighted by atomic mass is 35.5. The molecule has 18 heavy (non-hydrogen) atoms. The van der Waals surface area contributed by atoms with Gasteiger partial charge in [0.15, 0.2) is 11.6 Å². The van der Waals surface area contributed by atoms with Crippen molar-refractivity contribution in [2.75, 3.05) is 7.05 Å². The van der Waals surface area contributed by atoms with Crippen LogP contribution in [-0.4, -0.2) is 28.9 Å². The SMILES string of the molecule is CN=CC1CC=CC(=Nc2nc(Cl)ncc2F)C1. The van der Waals surface area contributed by atoms with Crippen LogP contribution in [0.1, 0.15) is 12.8 Å². The summed E-state index contributed by atoms with van der Waals surface area (Å²) in [7, 11) is 1.74. The molecule has 2 rings (SSSR count). The molecule has 0 amide bonds. The normalized spacial score (nSPS) is 21.9. The minimum Gasteiger partial charge on any atom is -0.301 e. The molecular formula is C12H12ClFN4. The van der Waals surface area contributed by atoms with Crippen molar-refractivity contribution in [3.05, 3.63) is 29.4 Å². The highest BCUT2D eigenvalue weighted by Gasteiger charge is 2.13. The van der Waals surface area contributed by atoms with E-state index in [9.17, 15) is 4.39 Å². The van der Waals surface area contributed by atoms with Gasteiger partial charge in [0.1, 0.15) is 0 Å². The van der Waals surface area contributed by atoms with Crippen molar-refractivity contribution in [2.45, 2.75) is 12.8 Å². The Labute approximate surface area is 109 Å². The van der Waals surface area contributed by atoms with Crippen LogP contribution in [0.5, 0.6) is 0 Å². The fourth-order valence-corrected chi connectivity index (χ4v) is 1.89. The van der Waals surface area contributed by atoms with Gasteiger partial charge in [0.05, 0.1) is 6.20 Å². The summed E-state index contributed by atoms with van der Waals surface area (Å²) in [6.45, 7) is 0. The van der Waals surface area contributed by atoms with Gasteiger partial charge in [-0.3, -0.25) is 0 Å². The van der Waals surface area contributed by atoms with Gasteiger partial charge in [-0.2, -0.15) is 4.98 Å². The smallest absolute Gasteiger partial charge is 0.224 e. The summed E-state index contributed by atoms with van der Waals surface area (Å²) in [4.78, 5) is 15.5. The first-order valence-electron chi connectivity index (χ1n) is 5.53. The lowest BCUT2D eigenvalue weighted by Gasteiger charge is -2.14. The molecule has 0 saturated heterocycles. The molecule has 1 unspecified atom stereocenters. The molecule has 94 valence electrons. The summed E-state index contributed by atoms with van der Waals surface area (Å²) in [5, 5.41) is -0.0118. The number of aliphatic imine (C=N–C) groups is 2. The second-order valence-electron chi connectivity index (χ2n) is 3.92. The summed E-state index contributed by atoms with van der Waals surface area (Å²) < 4.78 is 13.4. The highest BCUT2D eigenvalue weighted by Crippen LogP contribution is 2.20. The van der Waals surface area contributed by atoms with Gasteiger partial charge in [0.2, 0.25) is 5.28 Å². The Kier molecular flexibility index (Phi) is 4.15. The molecule has 1 heterocycles. The first-order chi connectivity index (χ1) is 8.69. The van der Waals surface area contributed by atoms with Crippen molar-refractivity contribution in [1.29, 1.82) is 0 Å². The van der Waals surface area contributed by atoms with Crippen LogP contribution in [0, 0.1) is 11.7 Å². The molecule has 4 nitrogen and oxygen atoms in total. The third-order valence-electron chi connectivity index (χ3n) is 2.53. The number of halogens is 2. The zero-order valence-corrected chi connectivity index (χ0v) is 10.6. The molecule has 1 aliphatic rings. The van der Waals surface area contributed by atoms with Gasteiger partial charge in [-0.15, -0.1) is 0 Å². The number of rotatable bonds is 2. The predicted molar refractivity (Wildman–Crippen MR) is 70.4 cm³/mol. The van der Waals surface area contributed by atoms with Crippen molar-refractivity contribution >= 4 is 29.3 Å². The number of allylic oxidation sites excluding steroid dienone is 2. The molecular weight excluding hydrogens is 255 g/mol. The average molecular weight is 267 g/mol. The van der Waals surface area contributed by atoms with E-state index in [1.165, 1.54) is 0 Å². The largest absolute Gasteiger partial charge is 0.301 e. The molecule has 0 N–H and O–H groups in total. The van der Waals surface area contributed by atoms with Crippen molar-refractivity contribution in [1.82, 2.24) is 9.97 Å². The molecule has 0 aliphatic heterocycles. The van der Waals surface area contributed by atoms with Crippen LogP contribution >= 0.6 is 11.6 Å². The Balaban J connectivity index is 2.25. The van der Waals surface area contributed by atoms with E-state index in [-0.39, 0.29) is 11.1 Å². The van der Waals surface area contributed by atoms with Gasteiger partial charge in [-0.05, 0) is 30.5 Å². The maximum Gasteiger partial charge on any atom is 0.224 e. The van der Waals surface area contributed by atoms with Crippen LogP contribution in [0.4, 0.5) is 10.2 Å². The van der Waals surface area contributed by atoms with Crippen molar-refractivity contribution in [2.24, 2.45) is 15.9 Å². The summed E-state index contributed by atoms with van der Waals surface area (Å²) in [5.41, 5.74) is 0.764. The van der Waals surface area contributed by atoms with Gasteiger partial charge in [-0.1, -0.05) is 6.08 Å². The van der Waals surface area contributed by atoms with E-state index in [4.69, 9.17) is 11.6 Å². The highest BCUT2D eigenvalue weighted by molar-refractivity contribution is 6.28. The second kappa shape index (κ2) is 5.82. The first-order valence-corrected chi connectivity index (χ1v) is 5.91. The van der Waals surface area contributed by atoms with E-state index in [0.717, 1.165) is 24.8 Å². The summed E-state index contributed by atoms with van der Waals surface area (Å²) in [6.07, 6.45) is 8.40. The average Bonchev–Trinajstić information content (AvgIpc) is 2.35. The van der Waals surface area contributed by atoms with E-state index in [1.54, 1.807) is 7.05 Å². The maximum atomic E-state index is 13.4. The minimum absolute atomic E-state index is 0.0118. The van der Waals surface area contributed by atoms with Gasteiger partial charge in [0, 0.05) is 24.9 Å². The van der Waals surface area contributed by atoms with E-state index in [0.29, 0.717) is 5.92 Å². The van der Waals surface area contributed by atoms with Crippen LogP contribution in [0.3, 0.4) is 0 Å². The van der Waals surface area contributed by atoms with Gasteiger partial charge < -0.3 is 4.99 Å². The fourth-order valence-electron chi connectivity index (χ4n) is 1.76. The third kappa shape index (κ3) is 3.20. The lowest BCUT2D eigenvalue weighted by molar-refractivity contribution is 0.616. The molecule has 0 spiro atoms. The van der Waals surface area contributed by atoms with Crippen molar-refractivity contribution in [3.8, 4) is 0 Å². The molecule has 0 radical (unpaired) electrons. The van der Waals surface area contributed by atoms with E-state index >= 15 is 0 Å². The number of hydrogen-bond acceptors (Lipinski definition) is 4. The van der Waals surface area contributed by atoms with Gasteiger partial charge in [0.25, 0.3) is 0 Å². The molecule has 0 bridgehead atoms. The molecule has 0 aromatic carbocycles. The van der Waals surface area contributed by atoms with Crippen LogP contribution < -0.4 is 0 Å². The first kappa shape index (κ1) is 12.8. The molecule has 0 fully saturated rings. The lowest BCUT2D eigenvalue weighted by atomic mass is 9.94. The van der Waals surface area contributed by atoms with Crippen molar-refractivity contribution < 1.29 is 4.39 Å². The molecule has 1 aliphatic carbocycles. The Morgan fingerprint density at radius 3 is 3.17 bits per heavy atom. The summed E-state index contributed by atoms with van der Waals surface area (Å²) in [5.74, 6) is -0.297. The maximum absolute atomic E-state index is 13.4. The van der Waals surface area contributed by atoms with Crippen LogP contribution in [0.2, 0.25) is 5.28 Å². The summed E-state index contributed by atoms with van der Waals surface area (Å²) >= 11 is 5.62. The molecule has 1 aromatic heterocycles. The van der Waals surface area contributed by atoms with Crippen molar-refractivity contribution in [3.63, 3.8) is 0 Å². The second-order valence-corrected chi connectivity index (χ2v) is 4.26. The van der Waals surface area contributed by atoms with E-state index < -0.39 is 5.82 Å². The van der Waals surface area contributed by atoms with Crippen LogP contribution in [-0.2, 0) is 0 Å². The lowest BCUT2D eigenvalue weighted by Crippen LogP contribution is -2.12. The number of aromatic nitrogens is 2. The Morgan fingerprint density at radius 2 is 2.39 bits per heavy atom. The van der Waals surface area contributed by atoms with Gasteiger partial charge >= 0.3 is 0 Å². The van der Waals surface area contributed by atoms with Gasteiger partial charge in [-0.25, -0.2) is 14.4 Å². The summed E-state index contributed by atoms with van der Waals surface area (Å²) in [6, 6.07) is 0. The number of nitrogens with zero attached hydrogens (tertiary/aromatic N) is 4. The Hall–Kier alpha value is -1.62. The quantitative estimate of drug-likeness (QED) is 0.610. The van der Waals surface area contributed by atoms with Crippen LogP contribution in [0.25, 0.3) is 0 Å². The third-order valence-corrected chi connectivity index (χ3v) is 2.71. The van der Waals surface area contributed by atoms with E-state index in [1.807, 2.05) is 18.4 Å². The Bertz CT molecular complexity index is 525. The van der Waals surface area contributed by atoms with Crippen LogP contribution in [0.15, 0.2) is 28.3 Å². The Morgan fingerprint density at radius 1 is 1.56 bits per heavy atom. The molecule has 1 atom stereocenters. The predicted octanol–water partition coefficient (Wildman–Crippen LogP) is 3.01. The minimum atomic E-state index is -0.577. The molecule has 1 aromatic rings. The molecule has 6 heteroatoms. The van der Waals surface area contributed by atoms with E-state index in [2.05, 4.69) is 20.0 Å².